The molecule has 0 aliphatic carbocycles. The monoisotopic (exact) mass is 296 g/mol. The molecule has 2 aromatic carbocycles. The zero-order chi connectivity index (χ0) is 15.8. The fourth-order valence-corrected chi connectivity index (χ4v) is 2.05. The Kier molecular flexibility index (Phi) is 5.60. The van der Waals surface area contributed by atoms with Gasteiger partial charge in [0, 0.05) is 18.4 Å². The molecule has 0 aromatic heterocycles. The van der Waals surface area contributed by atoms with Crippen molar-refractivity contribution >= 4 is 17.8 Å². The molecule has 0 bridgehead atoms. The van der Waals surface area contributed by atoms with E-state index in [1.165, 1.54) is 0 Å². The summed E-state index contributed by atoms with van der Waals surface area (Å²) in [7, 11) is 1.63. The van der Waals surface area contributed by atoms with Gasteiger partial charge in [0.15, 0.2) is 0 Å². The summed E-state index contributed by atoms with van der Waals surface area (Å²) >= 11 is 0. The molecule has 2 rings (SSSR count). The lowest BCUT2D eigenvalue weighted by Gasteiger charge is -2.20. The molecule has 114 valence electrons. The Bertz CT molecular complexity index is 621. The highest BCUT2D eigenvalue weighted by atomic mass is 16.5. The molecule has 22 heavy (non-hydrogen) atoms. The maximum absolute atomic E-state index is 12.2. The lowest BCUT2D eigenvalue weighted by Crippen LogP contribution is -2.37. The molecule has 0 radical (unpaired) electrons. The van der Waals surface area contributed by atoms with E-state index >= 15 is 0 Å². The third kappa shape index (κ3) is 4.12. The number of methoxy groups -OCH3 is 1. The second-order valence-electron chi connectivity index (χ2n) is 4.64. The standard InChI is InChI=1S/C18H20N2O2/c1-3-20(16-7-5-4-6-8-16)18(21)19-14-13-15-9-11-17(22-2)12-10-15/h4-14H,3H2,1-2H3,(H,19,21)/b14-13+. The lowest BCUT2D eigenvalue weighted by molar-refractivity contribution is 0.249. The van der Waals surface area contributed by atoms with Crippen molar-refractivity contribution in [2.24, 2.45) is 0 Å². The van der Waals surface area contributed by atoms with Crippen LogP contribution in [-0.2, 0) is 0 Å². The smallest absolute Gasteiger partial charge is 0.325 e. The number of hydrogen-bond acceptors (Lipinski definition) is 2. The zero-order valence-electron chi connectivity index (χ0n) is 12.8. The molecular formula is C18H20N2O2. The van der Waals surface area contributed by atoms with E-state index in [2.05, 4.69) is 5.32 Å². The Balaban J connectivity index is 1.97. The van der Waals surface area contributed by atoms with Gasteiger partial charge in [-0.1, -0.05) is 30.3 Å². The maximum Gasteiger partial charge on any atom is 0.325 e. The van der Waals surface area contributed by atoms with Crippen LogP contribution in [0.5, 0.6) is 5.75 Å². The first kappa shape index (κ1) is 15.6. The minimum absolute atomic E-state index is 0.154. The van der Waals surface area contributed by atoms with Crippen LogP contribution in [-0.4, -0.2) is 19.7 Å². The van der Waals surface area contributed by atoms with Crippen LogP contribution in [0.4, 0.5) is 10.5 Å². The number of amides is 2. The van der Waals surface area contributed by atoms with Gasteiger partial charge in [-0.15, -0.1) is 0 Å². The normalized spacial score (nSPS) is 10.5. The average Bonchev–Trinajstić information content (AvgIpc) is 2.57. The molecule has 2 amide bonds. The molecule has 0 saturated heterocycles. The molecule has 1 N–H and O–H groups in total. The average molecular weight is 296 g/mol. The molecule has 0 aliphatic heterocycles. The third-order valence-electron chi connectivity index (χ3n) is 3.23. The van der Waals surface area contributed by atoms with Gasteiger partial charge in [-0.2, -0.15) is 0 Å². The van der Waals surface area contributed by atoms with Crippen molar-refractivity contribution in [2.45, 2.75) is 6.92 Å². The number of anilines is 1. The molecule has 0 fully saturated rings. The van der Waals surface area contributed by atoms with Gasteiger partial charge in [-0.05, 0) is 42.8 Å². The summed E-state index contributed by atoms with van der Waals surface area (Å²) in [5.74, 6) is 0.808. The quantitative estimate of drug-likeness (QED) is 0.909. The Morgan fingerprint density at radius 3 is 2.41 bits per heavy atom. The third-order valence-corrected chi connectivity index (χ3v) is 3.23. The van der Waals surface area contributed by atoms with Gasteiger partial charge in [0.2, 0.25) is 0 Å². The highest BCUT2D eigenvalue weighted by molar-refractivity contribution is 5.92. The summed E-state index contributed by atoms with van der Waals surface area (Å²) in [5.41, 5.74) is 1.87. The second-order valence-corrected chi connectivity index (χ2v) is 4.64. The van der Waals surface area contributed by atoms with E-state index in [1.54, 1.807) is 18.2 Å². The van der Waals surface area contributed by atoms with Gasteiger partial charge in [0.25, 0.3) is 0 Å². The SMILES string of the molecule is CCN(C(=O)N/C=C/c1ccc(OC)cc1)c1ccccc1. The van der Waals surface area contributed by atoms with E-state index in [1.807, 2.05) is 67.6 Å². The second kappa shape index (κ2) is 7.88. The number of rotatable bonds is 5. The van der Waals surface area contributed by atoms with E-state index in [0.717, 1.165) is 17.0 Å². The van der Waals surface area contributed by atoms with E-state index in [0.29, 0.717) is 6.54 Å². The molecule has 0 atom stereocenters. The van der Waals surface area contributed by atoms with E-state index in [4.69, 9.17) is 4.74 Å². The molecular weight excluding hydrogens is 276 g/mol. The van der Waals surface area contributed by atoms with Crippen molar-refractivity contribution in [3.05, 3.63) is 66.4 Å². The summed E-state index contributed by atoms with van der Waals surface area (Å²) in [6.07, 6.45) is 3.49. The van der Waals surface area contributed by atoms with Crippen molar-refractivity contribution in [3.8, 4) is 5.75 Å². The van der Waals surface area contributed by atoms with Gasteiger partial charge >= 0.3 is 6.03 Å². The van der Waals surface area contributed by atoms with Gasteiger partial charge in [-0.3, -0.25) is 4.90 Å². The van der Waals surface area contributed by atoms with Crippen LogP contribution < -0.4 is 15.0 Å². The number of urea groups is 1. The first-order valence-corrected chi connectivity index (χ1v) is 7.18. The van der Waals surface area contributed by atoms with Crippen LogP contribution in [0.25, 0.3) is 6.08 Å². The van der Waals surface area contributed by atoms with Crippen LogP contribution >= 0.6 is 0 Å². The van der Waals surface area contributed by atoms with Gasteiger partial charge in [-0.25, -0.2) is 4.79 Å². The van der Waals surface area contributed by atoms with Crippen molar-refractivity contribution < 1.29 is 9.53 Å². The lowest BCUT2D eigenvalue weighted by atomic mass is 10.2. The predicted octanol–water partition coefficient (Wildman–Crippen LogP) is 3.90. The van der Waals surface area contributed by atoms with Crippen LogP contribution in [0.15, 0.2) is 60.8 Å². The Hall–Kier alpha value is -2.75. The molecule has 4 heteroatoms. The maximum atomic E-state index is 12.2. The molecule has 0 saturated carbocycles. The minimum Gasteiger partial charge on any atom is -0.497 e. The summed E-state index contributed by atoms with van der Waals surface area (Å²) < 4.78 is 5.11. The van der Waals surface area contributed by atoms with Gasteiger partial charge < -0.3 is 10.1 Å². The summed E-state index contributed by atoms with van der Waals surface area (Å²) in [6, 6.07) is 17.0. The van der Waals surface area contributed by atoms with Crippen molar-refractivity contribution in [3.63, 3.8) is 0 Å². The van der Waals surface area contributed by atoms with Crippen LogP contribution in [0.2, 0.25) is 0 Å². The number of carbonyl (C=O) groups excluding carboxylic acids is 1. The first-order valence-electron chi connectivity index (χ1n) is 7.18. The molecule has 4 nitrogen and oxygen atoms in total. The topological polar surface area (TPSA) is 41.6 Å². The zero-order valence-corrected chi connectivity index (χ0v) is 12.8. The molecule has 0 spiro atoms. The Morgan fingerprint density at radius 2 is 1.82 bits per heavy atom. The van der Waals surface area contributed by atoms with Gasteiger partial charge in [0.05, 0.1) is 7.11 Å². The van der Waals surface area contributed by atoms with Crippen LogP contribution in [0.3, 0.4) is 0 Å². The summed E-state index contributed by atoms with van der Waals surface area (Å²) in [5, 5.41) is 2.78. The number of hydrogen-bond donors (Lipinski definition) is 1. The number of ether oxygens (including phenoxy) is 1. The molecule has 0 heterocycles. The van der Waals surface area contributed by atoms with Crippen molar-refractivity contribution in [1.29, 1.82) is 0 Å². The fraction of sp³-hybridized carbons (Fsp3) is 0.167. The van der Waals surface area contributed by atoms with E-state index in [-0.39, 0.29) is 6.03 Å². The summed E-state index contributed by atoms with van der Waals surface area (Å²) in [4.78, 5) is 13.9. The van der Waals surface area contributed by atoms with Gasteiger partial charge in [0.1, 0.15) is 5.75 Å². The summed E-state index contributed by atoms with van der Waals surface area (Å²) in [6.45, 7) is 2.55. The van der Waals surface area contributed by atoms with E-state index < -0.39 is 0 Å². The van der Waals surface area contributed by atoms with Crippen LogP contribution in [0, 0.1) is 0 Å². The molecule has 2 aromatic rings. The number of nitrogens with one attached hydrogen (secondary N) is 1. The fourth-order valence-electron chi connectivity index (χ4n) is 2.05. The molecule has 0 unspecified atom stereocenters. The first-order chi connectivity index (χ1) is 10.7. The predicted molar refractivity (Wildman–Crippen MR) is 90.0 cm³/mol. The van der Waals surface area contributed by atoms with Crippen molar-refractivity contribution in [2.75, 3.05) is 18.6 Å². The Labute approximate surface area is 131 Å². The van der Waals surface area contributed by atoms with Crippen LogP contribution in [0.1, 0.15) is 12.5 Å². The molecule has 0 aliphatic rings. The van der Waals surface area contributed by atoms with Crippen molar-refractivity contribution in [1.82, 2.24) is 5.32 Å². The highest BCUT2D eigenvalue weighted by Gasteiger charge is 2.11. The number of benzene rings is 2. The van der Waals surface area contributed by atoms with E-state index in [9.17, 15) is 4.79 Å². The number of carbonyl (C=O) groups is 1. The largest absolute Gasteiger partial charge is 0.497 e. The number of nitrogens with zero attached hydrogens (tertiary/aromatic N) is 1. The highest BCUT2D eigenvalue weighted by Crippen LogP contribution is 2.13. The Morgan fingerprint density at radius 1 is 1.14 bits per heavy atom. The number of para-hydroxylation sites is 1. The minimum atomic E-state index is -0.154.